The van der Waals surface area contributed by atoms with Crippen molar-refractivity contribution in [2.24, 2.45) is 0 Å². The first kappa shape index (κ1) is 19.9. The summed E-state index contributed by atoms with van der Waals surface area (Å²) in [6.45, 7) is 0.268. The third-order valence-electron chi connectivity index (χ3n) is 4.43. The SMILES string of the molecule is CN(C)c1cc(-c2ccc(C(=O)O)cc2OCc2ccccc2)ccc1[N+](=O)[O-]. The second-order valence-electron chi connectivity index (χ2n) is 6.65. The van der Waals surface area contributed by atoms with Gasteiger partial charge in [-0.25, -0.2) is 4.79 Å². The second kappa shape index (κ2) is 8.43. The molecule has 7 heteroatoms. The topological polar surface area (TPSA) is 92.9 Å². The molecule has 0 spiro atoms. The first-order valence-electron chi connectivity index (χ1n) is 8.87. The van der Waals surface area contributed by atoms with Crippen LogP contribution in [0.15, 0.2) is 66.7 Å². The van der Waals surface area contributed by atoms with Crippen LogP contribution in [0.3, 0.4) is 0 Å². The van der Waals surface area contributed by atoms with Crippen molar-refractivity contribution in [1.29, 1.82) is 0 Å². The average Bonchev–Trinajstić information content (AvgIpc) is 2.72. The van der Waals surface area contributed by atoms with Crippen molar-refractivity contribution in [1.82, 2.24) is 0 Å². The van der Waals surface area contributed by atoms with Crippen molar-refractivity contribution in [2.75, 3.05) is 19.0 Å². The van der Waals surface area contributed by atoms with Gasteiger partial charge in [0.05, 0.1) is 10.5 Å². The molecule has 3 aromatic carbocycles. The minimum atomic E-state index is -1.06. The Bertz CT molecular complexity index is 1050. The summed E-state index contributed by atoms with van der Waals surface area (Å²) >= 11 is 0. The third-order valence-corrected chi connectivity index (χ3v) is 4.43. The fourth-order valence-corrected chi connectivity index (χ4v) is 2.95. The number of benzene rings is 3. The van der Waals surface area contributed by atoms with Gasteiger partial charge in [0.25, 0.3) is 5.69 Å². The molecule has 0 heterocycles. The maximum atomic E-state index is 11.4. The van der Waals surface area contributed by atoms with E-state index in [1.54, 1.807) is 37.2 Å². The molecular formula is C22H20N2O5. The molecule has 3 rings (SSSR count). The van der Waals surface area contributed by atoms with E-state index in [4.69, 9.17) is 4.74 Å². The molecule has 0 aliphatic rings. The van der Waals surface area contributed by atoms with Crippen LogP contribution in [0.4, 0.5) is 11.4 Å². The Morgan fingerprint density at radius 1 is 1.07 bits per heavy atom. The lowest BCUT2D eigenvalue weighted by molar-refractivity contribution is -0.384. The number of carbonyl (C=O) groups is 1. The van der Waals surface area contributed by atoms with Crippen molar-refractivity contribution in [2.45, 2.75) is 6.61 Å². The van der Waals surface area contributed by atoms with Gasteiger partial charge in [0, 0.05) is 25.7 Å². The summed E-state index contributed by atoms with van der Waals surface area (Å²) in [5.74, 6) is -0.661. The normalized spacial score (nSPS) is 10.4. The Hall–Kier alpha value is -3.87. The molecule has 0 atom stereocenters. The van der Waals surface area contributed by atoms with Gasteiger partial charge < -0.3 is 14.7 Å². The lowest BCUT2D eigenvalue weighted by atomic mass is 10.0. The van der Waals surface area contributed by atoms with Crippen molar-refractivity contribution in [3.05, 3.63) is 88.0 Å². The maximum Gasteiger partial charge on any atom is 0.335 e. The van der Waals surface area contributed by atoms with Crippen LogP contribution in [-0.2, 0) is 6.61 Å². The van der Waals surface area contributed by atoms with Crippen molar-refractivity contribution < 1.29 is 19.6 Å². The Morgan fingerprint density at radius 2 is 1.79 bits per heavy atom. The molecule has 29 heavy (non-hydrogen) atoms. The molecule has 1 N–H and O–H groups in total. The zero-order chi connectivity index (χ0) is 21.0. The van der Waals surface area contributed by atoms with Crippen LogP contribution in [-0.4, -0.2) is 30.1 Å². The Labute approximate surface area is 167 Å². The Morgan fingerprint density at radius 3 is 2.41 bits per heavy atom. The van der Waals surface area contributed by atoms with Crippen LogP contribution >= 0.6 is 0 Å². The number of nitrogens with zero attached hydrogens (tertiary/aromatic N) is 2. The lowest BCUT2D eigenvalue weighted by Crippen LogP contribution is -2.11. The molecule has 0 unspecified atom stereocenters. The summed E-state index contributed by atoms with van der Waals surface area (Å²) in [5.41, 5.74) is 2.84. The second-order valence-corrected chi connectivity index (χ2v) is 6.65. The highest BCUT2D eigenvalue weighted by atomic mass is 16.6. The molecule has 0 aliphatic carbocycles. The van der Waals surface area contributed by atoms with E-state index in [2.05, 4.69) is 0 Å². The molecule has 0 radical (unpaired) electrons. The van der Waals surface area contributed by atoms with Crippen LogP contribution in [0, 0.1) is 10.1 Å². The zero-order valence-electron chi connectivity index (χ0n) is 16.0. The van der Waals surface area contributed by atoms with Gasteiger partial charge in [0.2, 0.25) is 0 Å². The number of rotatable bonds is 7. The van der Waals surface area contributed by atoms with E-state index in [1.807, 2.05) is 30.3 Å². The Balaban J connectivity index is 2.05. The van der Waals surface area contributed by atoms with Gasteiger partial charge in [-0.1, -0.05) is 30.3 Å². The number of nitro groups is 1. The van der Waals surface area contributed by atoms with E-state index in [1.165, 1.54) is 18.2 Å². The highest BCUT2D eigenvalue weighted by Gasteiger charge is 2.18. The molecular weight excluding hydrogens is 372 g/mol. The van der Waals surface area contributed by atoms with Gasteiger partial charge >= 0.3 is 5.97 Å². The number of ether oxygens (including phenoxy) is 1. The highest BCUT2D eigenvalue weighted by Crippen LogP contribution is 2.37. The fourth-order valence-electron chi connectivity index (χ4n) is 2.95. The smallest absolute Gasteiger partial charge is 0.335 e. The maximum absolute atomic E-state index is 11.4. The molecule has 0 aliphatic heterocycles. The largest absolute Gasteiger partial charge is 0.488 e. The molecule has 3 aromatic rings. The minimum Gasteiger partial charge on any atom is -0.488 e. The first-order chi connectivity index (χ1) is 13.9. The molecule has 7 nitrogen and oxygen atoms in total. The summed E-state index contributed by atoms with van der Waals surface area (Å²) in [6, 6.07) is 18.9. The van der Waals surface area contributed by atoms with Crippen LogP contribution in [0.2, 0.25) is 0 Å². The summed E-state index contributed by atoms with van der Waals surface area (Å²) < 4.78 is 5.94. The lowest BCUT2D eigenvalue weighted by Gasteiger charge is -2.16. The van der Waals surface area contributed by atoms with Crippen molar-refractivity contribution in [3.63, 3.8) is 0 Å². The molecule has 148 valence electrons. The molecule has 0 amide bonds. The number of nitro benzene ring substituents is 1. The number of aromatic carboxylic acids is 1. The predicted molar refractivity (Wildman–Crippen MR) is 111 cm³/mol. The molecule has 0 saturated carbocycles. The first-order valence-corrected chi connectivity index (χ1v) is 8.87. The van der Waals surface area contributed by atoms with Gasteiger partial charge in [0.1, 0.15) is 18.0 Å². The number of anilines is 1. The van der Waals surface area contributed by atoms with E-state index in [9.17, 15) is 20.0 Å². The summed E-state index contributed by atoms with van der Waals surface area (Å²) in [4.78, 5) is 23.9. The van der Waals surface area contributed by atoms with Crippen LogP contribution in [0.5, 0.6) is 5.75 Å². The van der Waals surface area contributed by atoms with E-state index >= 15 is 0 Å². The average molecular weight is 392 g/mol. The van der Waals surface area contributed by atoms with Gasteiger partial charge in [-0.3, -0.25) is 10.1 Å². The van der Waals surface area contributed by atoms with Gasteiger partial charge in [-0.05, 0) is 41.5 Å². The summed E-state index contributed by atoms with van der Waals surface area (Å²) in [5, 5.41) is 20.6. The van der Waals surface area contributed by atoms with Crippen LogP contribution in [0.1, 0.15) is 15.9 Å². The standard InChI is InChI=1S/C22H20N2O5/c1-23(2)20-12-16(9-11-19(20)24(27)28)18-10-8-17(22(25)26)13-21(18)29-14-15-6-4-3-5-7-15/h3-13H,14H2,1-2H3,(H,25,26). The fraction of sp³-hybridized carbons (Fsp3) is 0.136. The van der Waals surface area contributed by atoms with Crippen LogP contribution in [0.25, 0.3) is 11.1 Å². The number of carboxylic acids is 1. The van der Waals surface area contributed by atoms with Gasteiger partial charge in [-0.2, -0.15) is 0 Å². The van der Waals surface area contributed by atoms with E-state index in [0.29, 0.717) is 22.6 Å². The molecule has 0 aromatic heterocycles. The minimum absolute atomic E-state index is 0.00680. The predicted octanol–water partition coefficient (Wildman–Crippen LogP) is 4.61. The van der Waals surface area contributed by atoms with Gasteiger partial charge in [-0.15, -0.1) is 0 Å². The van der Waals surface area contributed by atoms with E-state index in [0.717, 1.165) is 5.56 Å². The monoisotopic (exact) mass is 392 g/mol. The quantitative estimate of drug-likeness (QED) is 0.466. The number of hydrogen-bond acceptors (Lipinski definition) is 5. The van der Waals surface area contributed by atoms with Gasteiger partial charge in [0.15, 0.2) is 0 Å². The third kappa shape index (κ3) is 4.52. The van der Waals surface area contributed by atoms with Crippen molar-refractivity contribution in [3.8, 4) is 16.9 Å². The number of hydrogen-bond donors (Lipinski definition) is 1. The molecule has 0 saturated heterocycles. The van der Waals surface area contributed by atoms with E-state index < -0.39 is 10.9 Å². The van der Waals surface area contributed by atoms with Crippen LogP contribution < -0.4 is 9.64 Å². The summed E-state index contributed by atoms with van der Waals surface area (Å²) in [7, 11) is 3.46. The molecule has 0 fully saturated rings. The van der Waals surface area contributed by atoms with Crippen molar-refractivity contribution >= 4 is 17.3 Å². The highest BCUT2D eigenvalue weighted by molar-refractivity contribution is 5.90. The molecule has 0 bridgehead atoms. The summed E-state index contributed by atoms with van der Waals surface area (Å²) in [6.07, 6.45) is 0. The zero-order valence-corrected chi connectivity index (χ0v) is 16.0. The van der Waals surface area contributed by atoms with E-state index in [-0.39, 0.29) is 17.9 Å². The Kier molecular flexibility index (Phi) is 5.78. The number of carboxylic acid groups (broad SMARTS) is 1.